The van der Waals surface area contributed by atoms with Gasteiger partial charge >= 0.3 is 5.97 Å². The van der Waals surface area contributed by atoms with Gasteiger partial charge in [-0.05, 0) is 25.1 Å². The molecular weight excluding hydrogens is 320 g/mol. The second-order valence-electron chi connectivity index (χ2n) is 5.52. The van der Waals surface area contributed by atoms with Gasteiger partial charge < -0.3 is 13.9 Å². The van der Waals surface area contributed by atoms with Crippen LogP contribution >= 0.6 is 0 Å². The summed E-state index contributed by atoms with van der Waals surface area (Å²) in [5.74, 6) is 0.922. The van der Waals surface area contributed by atoms with E-state index in [0.29, 0.717) is 11.6 Å². The van der Waals surface area contributed by atoms with Crippen LogP contribution in [0.2, 0.25) is 0 Å². The lowest BCUT2D eigenvalue weighted by atomic mass is 10.1. The van der Waals surface area contributed by atoms with E-state index in [9.17, 15) is 4.79 Å². The van der Waals surface area contributed by atoms with E-state index < -0.39 is 0 Å². The predicted octanol–water partition coefficient (Wildman–Crippen LogP) is 3.34. The Morgan fingerprint density at radius 3 is 2.68 bits per heavy atom. The molecule has 0 aliphatic carbocycles. The fourth-order valence-electron chi connectivity index (χ4n) is 2.40. The van der Waals surface area contributed by atoms with E-state index in [-0.39, 0.29) is 24.9 Å². The second kappa shape index (κ2) is 7.61. The van der Waals surface area contributed by atoms with Gasteiger partial charge in [0.15, 0.2) is 6.61 Å². The van der Waals surface area contributed by atoms with Crippen LogP contribution in [0.3, 0.4) is 0 Å². The number of hydrogen-bond acceptors (Lipinski definition) is 6. The van der Waals surface area contributed by atoms with Gasteiger partial charge in [0.05, 0.1) is 13.5 Å². The van der Waals surface area contributed by atoms with Crippen LogP contribution in [-0.4, -0.2) is 23.3 Å². The minimum Gasteiger partial charge on any atom is -0.496 e. The summed E-state index contributed by atoms with van der Waals surface area (Å²) >= 11 is 0. The second-order valence-corrected chi connectivity index (χ2v) is 5.52. The van der Waals surface area contributed by atoms with Gasteiger partial charge in [0.25, 0.3) is 5.89 Å². The topological polar surface area (TPSA) is 74.5 Å². The molecule has 6 heteroatoms. The highest BCUT2D eigenvalue weighted by Crippen LogP contribution is 2.21. The maximum Gasteiger partial charge on any atom is 0.310 e. The summed E-state index contributed by atoms with van der Waals surface area (Å²) in [4.78, 5) is 12.1. The number of rotatable bonds is 6. The van der Waals surface area contributed by atoms with Crippen molar-refractivity contribution in [2.24, 2.45) is 0 Å². The number of aromatic nitrogens is 2. The molecule has 0 spiro atoms. The van der Waals surface area contributed by atoms with Crippen molar-refractivity contribution in [2.75, 3.05) is 7.11 Å². The van der Waals surface area contributed by atoms with Gasteiger partial charge in [-0.3, -0.25) is 4.79 Å². The molecule has 128 valence electrons. The minimum atomic E-state index is -0.386. The third-order valence-electron chi connectivity index (χ3n) is 3.61. The van der Waals surface area contributed by atoms with Crippen molar-refractivity contribution >= 4 is 5.97 Å². The fraction of sp³-hybridized carbons (Fsp3) is 0.211. The summed E-state index contributed by atoms with van der Waals surface area (Å²) in [6, 6.07) is 15.1. The number of methoxy groups -OCH3 is 1. The average molecular weight is 338 g/mol. The van der Waals surface area contributed by atoms with E-state index in [4.69, 9.17) is 13.9 Å². The molecule has 0 bridgehead atoms. The first kappa shape index (κ1) is 16.7. The Balaban J connectivity index is 1.60. The Bertz CT molecular complexity index is 859. The molecule has 0 aliphatic heterocycles. The summed E-state index contributed by atoms with van der Waals surface area (Å²) in [7, 11) is 1.57. The van der Waals surface area contributed by atoms with Crippen LogP contribution in [0.25, 0.3) is 11.5 Å². The molecule has 0 radical (unpaired) electrons. The molecule has 6 nitrogen and oxygen atoms in total. The van der Waals surface area contributed by atoms with Crippen molar-refractivity contribution < 1.29 is 18.7 Å². The Hall–Kier alpha value is -3.15. The zero-order valence-electron chi connectivity index (χ0n) is 14.1. The van der Waals surface area contributed by atoms with Crippen LogP contribution in [0, 0.1) is 6.92 Å². The first-order valence-electron chi connectivity index (χ1n) is 7.82. The summed E-state index contributed by atoms with van der Waals surface area (Å²) < 4.78 is 16.0. The van der Waals surface area contributed by atoms with Crippen LogP contribution in [0.4, 0.5) is 0 Å². The van der Waals surface area contributed by atoms with Gasteiger partial charge in [0, 0.05) is 11.1 Å². The number of carbonyl (C=O) groups is 1. The van der Waals surface area contributed by atoms with E-state index in [0.717, 1.165) is 16.7 Å². The number of ether oxygens (including phenoxy) is 2. The highest BCUT2D eigenvalue weighted by molar-refractivity contribution is 5.73. The Kier molecular flexibility index (Phi) is 5.09. The molecule has 3 aromatic rings. The number of carbonyl (C=O) groups excluding carboxylic acids is 1. The van der Waals surface area contributed by atoms with Gasteiger partial charge in [-0.25, -0.2) is 0 Å². The normalized spacial score (nSPS) is 10.5. The van der Waals surface area contributed by atoms with Crippen LogP contribution in [-0.2, 0) is 22.6 Å². The molecule has 25 heavy (non-hydrogen) atoms. The van der Waals surface area contributed by atoms with Crippen LogP contribution < -0.4 is 4.74 Å². The Morgan fingerprint density at radius 2 is 1.92 bits per heavy atom. The van der Waals surface area contributed by atoms with Crippen molar-refractivity contribution in [3.8, 4) is 17.2 Å². The molecule has 1 aromatic heterocycles. The van der Waals surface area contributed by atoms with Crippen LogP contribution in [0.5, 0.6) is 5.75 Å². The number of hydrogen-bond donors (Lipinski definition) is 0. The zero-order valence-corrected chi connectivity index (χ0v) is 14.1. The highest BCUT2D eigenvalue weighted by atomic mass is 16.5. The predicted molar refractivity (Wildman–Crippen MR) is 91.0 cm³/mol. The molecule has 0 saturated carbocycles. The smallest absolute Gasteiger partial charge is 0.310 e. The number of benzene rings is 2. The third-order valence-corrected chi connectivity index (χ3v) is 3.61. The zero-order chi connectivity index (χ0) is 17.6. The lowest BCUT2D eigenvalue weighted by Crippen LogP contribution is -2.09. The SMILES string of the molecule is COc1ccc(C)cc1CC(=O)OCc1nnc(-c2ccccc2)o1. The monoisotopic (exact) mass is 338 g/mol. The third kappa shape index (κ3) is 4.23. The van der Waals surface area contributed by atoms with E-state index in [2.05, 4.69) is 10.2 Å². The standard InChI is InChI=1S/C19H18N2O4/c1-13-8-9-16(23-2)15(10-13)11-18(22)24-12-17-20-21-19(25-17)14-6-4-3-5-7-14/h3-10H,11-12H2,1-2H3. The highest BCUT2D eigenvalue weighted by Gasteiger charge is 2.13. The van der Waals surface area contributed by atoms with Gasteiger partial charge in [0.1, 0.15) is 5.75 Å². The molecular formula is C19H18N2O4. The molecule has 3 rings (SSSR count). The first-order chi connectivity index (χ1) is 12.2. The number of esters is 1. The fourth-order valence-corrected chi connectivity index (χ4v) is 2.40. The van der Waals surface area contributed by atoms with Crippen molar-refractivity contribution in [2.45, 2.75) is 20.0 Å². The molecule has 0 aliphatic rings. The summed E-state index contributed by atoms with van der Waals surface area (Å²) in [6.45, 7) is 1.89. The first-order valence-corrected chi connectivity index (χ1v) is 7.82. The molecule has 0 atom stereocenters. The maximum atomic E-state index is 12.1. The van der Waals surface area contributed by atoms with Crippen LogP contribution in [0.1, 0.15) is 17.0 Å². The minimum absolute atomic E-state index is 0.0627. The molecule has 0 fully saturated rings. The van der Waals surface area contributed by atoms with Crippen molar-refractivity contribution in [3.05, 3.63) is 65.5 Å². The van der Waals surface area contributed by atoms with Gasteiger partial charge in [-0.1, -0.05) is 35.9 Å². The van der Waals surface area contributed by atoms with Gasteiger partial charge in [-0.15, -0.1) is 10.2 Å². The van der Waals surface area contributed by atoms with E-state index in [1.165, 1.54) is 0 Å². The Labute approximate surface area is 145 Å². The van der Waals surface area contributed by atoms with Crippen molar-refractivity contribution in [1.82, 2.24) is 10.2 Å². The number of aryl methyl sites for hydroxylation is 1. The van der Waals surface area contributed by atoms with E-state index in [1.54, 1.807) is 7.11 Å². The molecule has 1 heterocycles. The summed E-state index contributed by atoms with van der Waals surface area (Å²) in [5.41, 5.74) is 2.65. The molecule has 0 amide bonds. The van der Waals surface area contributed by atoms with Gasteiger partial charge in [-0.2, -0.15) is 0 Å². The Morgan fingerprint density at radius 1 is 1.12 bits per heavy atom. The van der Waals surface area contributed by atoms with E-state index >= 15 is 0 Å². The summed E-state index contributed by atoms with van der Waals surface area (Å²) in [6.07, 6.45) is 0.116. The summed E-state index contributed by atoms with van der Waals surface area (Å²) in [5, 5.41) is 7.86. The van der Waals surface area contributed by atoms with Crippen molar-refractivity contribution in [3.63, 3.8) is 0 Å². The molecule has 0 saturated heterocycles. The lowest BCUT2D eigenvalue weighted by Gasteiger charge is -2.09. The molecule has 0 N–H and O–H groups in total. The van der Waals surface area contributed by atoms with Crippen molar-refractivity contribution in [1.29, 1.82) is 0 Å². The average Bonchev–Trinajstić information content (AvgIpc) is 3.10. The van der Waals surface area contributed by atoms with Crippen LogP contribution in [0.15, 0.2) is 52.9 Å². The van der Waals surface area contributed by atoms with E-state index in [1.807, 2.05) is 55.5 Å². The maximum absolute atomic E-state index is 12.1. The largest absolute Gasteiger partial charge is 0.496 e. The molecule has 0 unspecified atom stereocenters. The van der Waals surface area contributed by atoms with Gasteiger partial charge in [0.2, 0.25) is 5.89 Å². The quantitative estimate of drug-likeness (QED) is 0.642. The number of nitrogens with zero attached hydrogens (tertiary/aromatic N) is 2. The lowest BCUT2D eigenvalue weighted by molar-refractivity contribution is -0.144. The molecule has 2 aromatic carbocycles.